The molecule has 194 valence electrons. The standard InChI is InChI=1S/C8H18O5.2C5H6O3.C2H6O2/c9-1-3-11-5-7-13-8-6-12-4-2-10;2*1-3-7-5(6)8-4-2;3-1-2-4/h9-10H,1-8H2;2*3-4H,1-2H2;3-4H,1-2H2. The molecule has 0 fully saturated rings. The molecule has 4 N–H and O–H groups in total. The molecule has 0 aromatic rings. The summed E-state index contributed by atoms with van der Waals surface area (Å²) in [6.45, 7) is 15.0. The van der Waals surface area contributed by atoms with Crippen molar-refractivity contribution in [3.8, 4) is 0 Å². The molecule has 0 heterocycles. The van der Waals surface area contributed by atoms with Gasteiger partial charge in [0.25, 0.3) is 0 Å². The summed E-state index contributed by atoms with van der Waals surface area (Å²) in [5.74, 6) is 0. The molecule has 0 aromatic carbocycles. The van der Waals surface area contributed by atoms with Crippen LogP contribution in [0.4, 0.5) is 9.59 Å². The second-order valence-electron chi connectivity index (χ2n) is 4.37. The van der Waals surface area contributed by atoms with Crippen LogP contribution in [0.2, 0.25) is 0 Å². The third-order valence-corrected chi connectivity index (χ3v) is 2.03. The van der Waals surface area contributed by atoms with Crippen molar-refractivity contribution in [3.63, 3.8) is 0 Å². The number of carbonyl (C=O) groups is 2. The van der Waals surface area contributed by atoms with Crippen molar-refractivity contribution in [1.29, 1.82) is 0 Å². The quantitative estimate of drug-likeness (QED) is 0.146. The number of hydrogen-bond donors (Lipinski definition) is 4. The van der Waals surface area contributed by atoms with E-state index in [1.54, 1.807) is 0 Å². The average molecular weight is 484 g/mol. The molecule has 0 aliphatic rings. The van der Waals surface area contributed by atoms with Crippen molar-refractivity contribution in [2.24, 2.45) is 0 Å². The Morgan fingerprint density at radius 3 is 0.909 bits per heavy atom. The number of rotatable bonds is 15. The van der Waals surface area contributed by atoms with E-state index in [0.717, 1.165) is 25.0 Å². The Labute approximate surface area is 193 Å². The van der Waals surface area contributed by atoms with Crippen LogP contribution in [0.25, 0.3) is 0 Å². The predicted molar refractivity (Wildman–Crippen MR) is 117 cm³/mol. The van der Waals surface area contributed by atoms with E-state index < -0.39 is 12.3 Å². The van der Waals surface area contributed by atoms with Gasteiger partial charge in [0.2, 0.25) is 0 Å². The minimum absolute atomic E-state index is 0.0413. The molecule has 13 heteroatoms. The molecule has 0 aliphatic carbocycles. The first-order chi connectivity index (χ1) is 15.9. The summed E-state index contributed by atoms with van der Waals surface area (Å²) in [5, 5.41) is 32.0. The lowest BCUT2D eigenvalue weighted by atomic mass is 10.7. The minimum atomic E-state index is -0.824. The highest BCUT2D eigenvalue weighted by molar-refractivity contribution is 5.61. The Morgan fingerprint density at radius 2 is 0.727 bits per heavy atom. The molecular formula is C20H36O13. The smallest absolute Gasteiger partial charge is 0.403 e. The van der Waals surface area contributed by atoms with E-state index in [4.69, 9.17) is 34.6 Å². The van der Waals surface area contributed by atoms with Gasteiger partial charge < -0.3 is 53.6 Å². The Bertz CT molecular complexity index is 391. The van der Waals surface area contributed by atoms with E-state index in [1.807, 2.05) is 0 Å². The molecule has 0 saturated carbocycles. The van der Waals surface area contributed by atoms with E-state index in [9.17, 15) is 9.59 Å². The maximum atomic E-state index is 10.1. The zero-order valence-electron chi connectivity index (χ0n) is 18.7. The van der Waals surface area contributed by atoms with Crippen LogP contribution in [0.3, 0.4) is 0 Å². The molecule has 0 atom stereocenters. The Morgan fingerprint density at radius 1 is 0.485 bits per heavy atom. The van der Waals surface area contributed by atoms with Gasteiger partial charge in [0.05, 0.1) is 91.1 Å². The summed E-state index contributed by atoms with van der Waals surface area (Å²) in [6, 6.07) is 0. The van der Waals surface area contributed by atoms with Gasteiger partial charge in [-0.15, -0.1) is 0 Å². The molecule has 0 aromatic heterocycles. The molecular weight excluding hydrogens is 448 g/mol. The Balaban J connectivity index is -0.000000183. The van der Waals surface area contributed by atoms with E-state index in [-0.39, 0.29) is 26.4 Å². The van der Waals surface area contributed by atoms with Crippen LogP contribution in [-0.4, -0.2) is 98.8 Å². The lowest BCUT2D eigenvalue weighted by molar-refractivity contribution is 0.00230. The second-order valence-corrected chi connectivity index (χ2v) is 4.37. The summed E-state index contributed by atoms with van der Waals surface area (Å²) in [4.78, 5) is 20.1. The average Bonchev–Trinajstić information content (AvgIpc) is 2.80. The van der Waals surface area contributed by atoms with Crippen molar-refractivity contribution in [2.75, 3.05) is 66.1 Å². The van der Waals surface area contributed by atoms with Gasteiger partial charge >= 0.3 is 12.3 Å². The third kappa shape index (κ3) is 53.0. The fourth-order valence-electron chi connectivity index (χ4n) is 0.999. The first-order valence-corrected chi connectivity index (χ1v) is 9.30. The van der Waals surface area contributed by atoms with E-state index in [2.05, 4.69) is 45.3 Å². The normalized spacial score (nSPS) is 8.48. The van der Waals surface area contributed by atoms with Gasteiger partial charge in [0.1, 0.15) is 0 Å². The molecule has 0 unspecified atom stereocenters. The molecule has 33 heavy (non-hydrogen) atoms. The maximum Gasteiger partial charge on any atom is 0.518 e. The van der Waals surface area contributed by atoms with Crippen LogP contribution in [0, 0.1) is 0 Å². The molecule has 0 radical (unpaired) electrons. The number of aliphatic hydroxyl groups excluding tert-OH is 4. The van der Waals surface area contributed by atoms with Crippen LogP contribution in [0.1, 0.15) is 0 Å². The highest BCUT2D eigenvalue weighted by atomic mass is 16.7. The lowest BCUT2D eigenvalue weighted by Gasteiger charge is -2.04. The monoisotopic (exact) mass is 484 g/mol. The van der Waals surface area contributed by atoms with Crippen molar-refractivity contribution in [2.45, 2.75) is 0 Å². The number of aliphatic hydroxyl groups is 4. The van der Waals surface area contributed by atoms with E-state index in [1.165, 1.54) is 0 Å². The zero-order valence-corrected chi connectivity index (χ0v) is 18.7. The van der Waals surface area contributed by atoms with Gasteiger partial charge in [0.15, 0.2) is 0 Å². The Hall–Kier alpha value is -2.78. The Kier molecular flexibility index (Phi) is 45.1. The summed E-state index contributed by atoms with van der Waals surface area (Å²) in [7, 11) is 0. The van der Waals surface area contributed by atoms with Gasteiger partial charge in [-0.3, -0.25) is 0 Å². The fourth-order valence-corrected chi connectivity index (χ4v) is 0.999. The highest BCUT2D eigenvalue weighted by Gasteiger charge is 1.94. The number of carbonyl (C=O) groups excluding carboxylic acids is 2. The fraction of sp³-hybridized carbons (Fsp3) is 0.500. The molecule has 13 nitrogen and oxygen atoms in total. The van der Waals surface area contributed by atoms with Crippen LogP contribution < -0.4 is 0 Å². The predicted octanol–water partition coefficient (Wildman–Crippen LogP) is 0.845. The number of ether oxygens (including phenoxy) is 7. The van der Waals surface area contributed by atoms with Gasteiger partial charge in [-0.05, 0) is 0 Å². The number of hydrogen-bond acceptors (Lipinski definition) is 13. The first-order valence-electron chi connectivity index (χ1n) is 9.30. The van der Waals surface area contributed by atoms with E-state index >= 15 is 0 Å². The SMILES string of the molecule is C=COC(=O)OC=C.C=COC(=O)OC=C.OCCO.OCCOCCOCCOCCO. The lowest BCUT2D eigenvalue weighted by Crippen LogP contribution is -2.11. The minimum Gasteiger partial charge on any atom is -0.403 e. The second kappa shape index (κ2) is 39.7. The zero-order chi connectivity index (χ0) is 26.0. The first kappa shape index (κ1) is 37.5. The molecule has 0 aliphatic heterocycles. The topological polar surface area (TPSA) is 180 Å². The van der Waals surface area contributed by atoms with Crippen molar-refractivity contribution < 1.29 is 63.2 Å². The summed E-state index contributed by atoms with van der Waals surface area (Å²) in [6.07, 6.45) is 2.26. The molecule has 0 saturated heterocycles. The van der Waals surface area contributed by atoms with Crippen LogP contribution >= 0.6 is 0 Å². The summed E-state index contributed by atoms with van der Waals surface area (Å²) < 4.78 is 31.5. The molecule has 0 spiro atoms. The van der Waals surface area contributed by atoms with Gasteiger partial charge in [0, 0.05) is 0 Å². The molecule has 0 bridgehead atoms. The molecule has 0 amide bonds. The van der Waals surface area contributed by atoms with Gasteiger partial charge in [-0.2, -0.15) is 0 Å². The van der Waals surface area contributed by atoms with Crippen LogP contribution in [0.5, 0.6) is 0 Å². The van der Waals surface area contributed by atoms with Crippen LogP contribution in [-0.2, 0) is 33.2 Å². The highest BCUT2D eigenvalue weighted by Crippen LogP contribution is 1.84. The van der Waals surface area contributed by atoms with E-state index in [0.29, 0.717) is 39.6 Å². The van der Waals surface area contributed by atoms with Crippen molar-refractivity contribution in [3.05, 3.63) is 51.4 Å². The van der Waals surface area contributed by atoms with Crippen molar-refractivity contribution >= 4 is 12.3 Å². The summed E-state index contributed by atoms with van der Waals surface area (Å²) in [5.41, 5.74) is 0. The van der Waals surface area contributed by atoms with Crippen LogP contribution in [0.15, 0.2) is 51.4 Å². The maximum absolute atomic E-state index is 10.1. The summed E-state index contributed by atoms with van der Waals surface area (Å²) >= 11 is 0. The third-order valence-electron chi connectivity index (χ3n) is 2.03. The van der Waals surface area contributed by atoms with Crippen molar-refractivity contribution in [1.82, 2.24) is 0 Å². The molecule has 0 rings (SSSR count). The van der Waals surface area contributed by atoms with Gasteiger partial charge in [-0.1, -0.05) is 26.3 Å². The largest absolute Gasteiger partial charge is 0.518 e. The van der Waals surface area contributed by atoms with Gasteiger partial charge in [-0.25, -0.2) is 9.59 Å².